The van der Waals surface area contributed by atoms with Crippen molar-refractivity contribution < 1.29 is 22.7 Å². The van der Waals surface area contributed by atoms with Crippen LogP contribution in [-0.2, 0) is 16.6 Å². The van der Waals surface area contributed by atoms with Crippen LogP contribution in [0.1, 0.15) is 17.0 Å². The average Bonchev–Trinajstić information content (AvgIpc) is 3.05. The first-order chi connectivity index (χ1) is 9.49. The Labute approximate surface area is 115 Å². The van der Waals surface area contributed by atoms with Crippen molar-refractivity contribution in [1.82, 2.24) is 14.5 Å². The zero-order chi connectivity index (χ0) is 14.6. The van der Waals surface area contributed by atoms with Gasteiger partial charge in [0.2, 0.25) is 10.9 Å². The highest BCUT2D eigenvalue weighted by atomic mass is 32.2. The highest BCUT2D eigenvalue weighted by molar-refractivity contribution is 7.89. The first kappa shape index (κ1) is 14.3. The fourth-order valence-electron chi connectivity index (χ4n) is 1.53. The predicted molar refractivity (Wildman–Crippen MR) is 67.7 cm³/mol. The van der Waals surface area contributed by atoms with Crippen molar-refractivity contribution in [3.8, 4) is 0 Å². The first-order valence-corrected chi connectivity index (χ1v) is 7.27. The van der Waals surface area contributed by atoms with Gasteiger partial charge in [-0.1, -0.05) is 0 Å². The van der Waals surface area contributed by atoms with Crippen molar-refractivity contribution in [3.05, 3.63) is 36.4 Å². The Balaban J connectivity index is 1.88. The van der Waals surface area contributed by atoms with E-state index in [0.717, 1.165) is 12.1 Å². The minimum atomic E-state index is -3.82. The van der Waals surface area contributed by atoms with Gasteiger partial charge in [0.25, 0.3) is 10.0 Å². The summed E-state index contributed by atoms with van der Waals surface area (Å²) in [5.41, 5.74) is 0. The average molecular weight is 299 g/mol. The maximum atomic E-state index is 11.8. The summed E-state index contributed by atoms with van der Waals surface area (Å²) >= 11 is 0. The van der Waals surface area contributed by atoms with Gasteiger partial charge in [-0.25, -0.2) is 17.9 Å². The molecule has 0 amide bonds. The standard InChI is InChI=1S/C11H13N3O5S/c15-11(16)9-3-4-10(19-9)20(17,18)13-6-2-8-14-7-1-5-12-14/h1,3-5,7,13H,2,6,8H2,(H,15,16). The number of carbonyl (C=O) groups is 1. The van der Waals surface area contributed by atoms with Crippen LogP contribution < -0.4 is 4.72 Å². The molecule has 0 atom stereocenters. The van der Waals surface area contributed by atoms with Gasteiger partial charge in [-0.3, -0.25) is 4.68 Å². The monoisotopic (exact) mass is 299 g/mol. The molecule has 2 rings (SSSR count). The highest BCUT2D eigenvalue weighted by Crippen LogP contribution is 2.13. The molecule has 0 spiro atoms. The van der Waals surface area contributed by atoms with E-state index in [1.54, 1.807) is 23.1 Å². The number of carboxylic acid groups (broad SMARTS) is 1. The van der Waals surface area contributed by atoms with Crippen molar-refractivity contribution in [2.75, 3.05) is 6.54 Å². The molecule has 0 radical (unpaired) electrons. The SMILES string of the molecule is O=C(O)c1ccc(S(=O)(=O)NCCCn2cccn2)o1. The summed E-state index contributed by atoms with van der Waals surface area (Å²) in [5, 5.41) is 12.2. The Morgan fingerprint density at radius 3 is 2.85 bits per heavy atom. The van der Waals surface area contributed by atoms with Gasteiger partial charge in [-0.2, -0.15) is 5.10 Å². The lowest BCUT2D eigenvalue weighted by Crippen LogP contribution is -2.25. The Morgan fingerprint density at radius 2 is 2.25 bits per heavy atom. The largest absolute Gasteiger partial charge is 0.475 e. The Bertz CT molecular complexity index is 675. The number of carboxylic acids is 1. The minimum Gasteiger partial charge on any atom is -0.475 e. The van der Waals surface area contributed by atoms with Crippen molar-refractivity contribution in [1.29, 1.82) is 0 Å². The molecule has 20 heavy (non-hydrogen) atoms. The molecule has 0 fully saturated rings. The molecule has 0 saturated carbocycles. The van der Waals surface area contributed by atoms with Gasteiger partial charge in [-0.05, 0) is 24.6 Å². The Morgan fingerprint density at radius 1 is 1.45 bits per heavy atom. The van der Waals surface area contributed by atoms with E-state index in [4.69, 9.17) is 9.52 Å². The van der Waals surface area contributed by atoms with Gasteiger partial charge < -0.3 is 9.52 Å². The van der Waals surface area contributed by atoms with Crippen molar-refractivity contribution in [3.63, 3.8) is 0 Å². The summed E-state index contributed by atoms with van der Waals surface area (Å²) in [6.45, 7) is 0.777. The van der Waals surface area contributed by atoms with Crippen LogP contribution >= 0.6 is 0 Å². The quantitative estimate of drug-likeness (QED) is 0.721. The molecule has 0 bridgehead atoms. The molecule has 0 aromatic carbocycles. The second-order valence-corrected chi connectivity index (χ2v) is 5.64. The third-order valence-electron chi connectivity index (χ3n) is 2.47. The fraction of sp³-hybridized carbons (Fsp3) is 0.273. The van der Waals surface area contributed by atoms with Gasteiger partial charge in [-0.15, -0.1) is 0 Å². The Kier molecular flexibility index (Phi) is 4.20. The molecule has 0 saturated heterocycles. The molecule has 0 aliphatic heterocycles. The summed E-state index contributed by atoms with van der Waals surface area (Å²) in [6.07, 6.45) is 3.97. The number of sulfonamides is 1. The number of aromatic nitrogens is 2. The summed E-state index contributed by atoms with van der Waals surface area (Å²) in [5.74, 6) is -1.73. The molecule has 0 unspecified atom stereocenters. The number of nitrogens with zero attached hydrogens (tertiary/aromatic N) is 2. The van der Waals surface area contributed by atoms with Crippen LogP contribution in [0.15, 0.2) is 40.1 Å². The Hall–Kier alpha value is -2.13. The molecular weight excluding hydrogens is 286 g/mol. The van der Waals surface area contributed by atoms with Crippen LogP contribution in [-0.4, -0.2) is 35.8 Å². The lowest BCUT2D eigenvalue weighted by Gasteiger charge is -2.04. The molecule has 2 aromatic heterocycles. The first-order valence-electron chi connectivity index (χ1n) is 5.79. The molecular formula is C11H13N3O5S. The molecule has 0 aliphatic carbocycles. The van der Waals surface area contributed by atoms with E-state index in [1.807, 2.05) is 0 Å². The second kappa shape index (κ2) is 5.88. The number of nitrogens with one attached hydrogen (secondary N) is 1. The summed E-state index contributed by atoms with van der Waals surface area (Å²) in [7, 11) is -3.82. The topological polar surface area (TPSA) is 114 Å². The van der Waals surface area contributed by atoms with Gasteiger partial charge in [0, 0.05) is 25.5 Å². The fourth-order valence-corrected chi connectivity index (χ4v) is 2.53. The zero-order valence-corrected chi connectivity index (χ0v) is 11.2. The van der Waals surface area contributed by atoms with E-state index in [0.29, 0.717) is 13.0 Å². The zero-order valence-electron chi connectivity index (χ0n) is 10.4. The number of aromatic carboxylic acids is 1. The highest BCUT2D eigenvalue weighted by Gasteiger charge is 2.20. The lowest BCUT2D eigenvalue weighted by atomic mass is 10.4. The van der Waals surface area contributed by atoms with E-state index < -0.39 is 26.8 Å². The van der Waals surface area contributed by atoms with E-state index in [9.17, 15) is 13.2 Å². The van der Waals surface area contributed by atoms with Crippen LogP contribution in [0.25, 0.3) is 0 Å². The molecule has 8 nitrogen and oxygen atoms in total. The normalized spacial score (nSPS) is 11.6. The van der Waals surface area contributed by atoms with Crippen molar-refractivity contribution in [2.45, 2.75) is 18.1 Å². The van der Waals surface area contributed by atoms with Gasteiger partial charge in [0.15, 0.2) is 0 Å². The third-order valence-corrected chi connectivity index (χ3v) is 3.81. The third kappa shape index (κ3) is 3.45. The number of furan rings is 1. The molecule has 2 N–H and O–H groups in total. The molecule has 108 valence electrons. The van der Waals surface area contributed by atoms with E-state index in [2.05, 4.69) is 9.82 Å². The number of aryl methyl sites for hydroxylation is 1. The number of hydrogen-bond donors (Lipinski definition) is 2. The van der Waals surface area contributed by atoms with Crippen LogP contribution in [0.3, 0.4) is 0 Å². The van der Waals surface area contributed by atoms with Crippen LogP contribution in [0.5, 0.6) is 0 Å². The summed E-state index contributed by atoms with van der Waals surface area (Å²) in [6, 6.07) is 3.99. The lowest BCUT2D eigenvalue weighted by molar-refractivity contribution is 0.0656. The summed E-state index contributed by atoms with van der Waals surface area (Å²) < 4.78 is 32.4. The molecule has 0 aliphatic rings. The predicted octanol–water partition coefficient (Wildman–Crippen LogP) is 0.543. The smallest absolute Gasteiger partial charge is 0.371 e. The maximum Gasteiger partial charge on any atom is 0.371 e. The maximum absolute atomic E-state index is 11.8. The second-order valence-electron chi connectivity index (χ2n) is 3.94. The van der Waals surface area contributed by atoms with Gasteiger partial charge in [0.1, 0.15) is 0 Å². The molecule has 2 aromatic rings. The van der Waals surface area contributed by atoms with Crippen LogP contribution in [0, 0.1) is 0 Å². The van der Waals surface area contributed by atoms with Crippen LogP contribution in [0.4, 0.5) is 0 Å². The molecule has 2 heterocycles. The van der Waals surface area contributed by atoms with Crippen molar-refractivity contribution in [2.24, 2.45) is 0 Å². The summed E-state index contributed by atoms with van der Waals surface area (Å²) in [4.78, 5) is 10.6. The van der Waals surface area contributed by atoms with Gasteiger partial charge >= 0.3 is 5.97 Å². The minimum absolute atomic E-state index is 0.200. The van der Waals surface area contributed by atoms with E-state index in [1.165, 1.54) is 0 Å². The number of hydrogen-bond acceptors (Lipinski definition) is 5. The van der Waals surface area contributed by atoms with Gasteiger partial charge in [0.05, 0.1) is 0 Å². The van der Waals surface area contributed by atoms with Crippen molar-refractivity contribution >= 4 is 16.0 Å². The van der Waals surface area contributed by atoms with E-state index in [-0.39, 0.29) is 6.54 Å². The van der Waals surface area contributed by atoms with Crippen LogP contribution in [0.2, 0.25) is 0 Å². The number of rotatable bonds is 7. The molecule has 9 heteroatoms. The van der Waals surface area contributed by atoms with E-state index >= 15 is 0 Å².